The van der Waals surface area contributed by atoms with E-state index in [2.05, 4.69) is 36.7 Å². The summed E-state index contributed by atoms with van der Waals surface area (Å²) in [6.45, 7) is 12.1. The van der Waals surface area contributed by atoms with E-state index in [1.807, 2.05) is 13.8 Å². The van der Waals surface area contributed by atoms with Crippen LogP contribution in [0.15, 0.2) is 18.2 Å². The number of amides is 3. The molecule has 1 rings (SSSR count). The molecule has 1 aromatic rings. The van der Waals surface area contributed by atoms with Crippen LogP contribution in [-0.4, -0.2) is 75.4 Å². The molecule has 10 heteroatoms. The van der Waals surface area contributed by atoms with Gasteiger partial charge in [0.2, 0.25) is 5.91 Å². The van der Waals surface area contributed by atoms with E-state index in [-0.39, 0.29) is 47.8 Å². The maximum atomic E-state index is 13.3. The van der Waals surface area contributed by atoms with Crippen molar-refractivity contribution in [1.29, 1.82) is 0 Å². The first kappa shape index (κ1) is 37.3. The van der Waals surface area contributed by atoms with Crippen molar-refractivity contribution < 1.29 is 29.0 Å². The Morgan fingerprint density at radius 2 is 1.64 bits per heavy atom. The number of ether oxygens (including phenoxy) is 2. The van der Waals surface area contributed by atoms with Crippen molar-refractivity contribution in [2.24, 2.45) is 29.4 Å². The maximum absolute atomic E-state index is 13.3. The van der Waals surface area contributed by atoms with Gasteiger partial charge in [-0.25, -0.2) is 0 Å². The third-order valence-electron chi connectivity index (χ3n) is 7.72. The molecule has 0 spiro atoms. The molecule has 1 aromatic carbocycles. The van der Waals surface area contributed by atoms with Gasteiger partial charge in [-0.05, 0) is 68.1 Å². The van der Waals surface area contributed by atoms with Crippen LogP contribution in [-0.2, 0) is 9.53 Å². The van der Waals surface area contributed by atoms with Gasteiger partial charge >= 0.3 is 0 Å². The van der Waals surface area contributed by atoms with Crippen LogP contribution in [0.5, 0.6) is 5.75 Å². The molecule has 3 amide bonds. The minimum atomic E-state index is -0.846. The molecule has 0 aliphatic carbocycles. The van der Waals surface area contributed by atoms with Crippen LogP contribution in [0.3, 0.4) is 0 Å². The smallest absolute Gasteiger partial charge is 0.255 e. The van der Waals surface area contributed by atoms with Gasteiger partial charge in [-0.1, -0.05) is 41.0 Å². The van der Waals surface area contributed by atoms with Crippen LogP contribution >= 0.6 is 0 Å². The fourth-order valence-corrected chi connectivity index (χ4v) is 4.70. The van der Waals surface area contributed by atoms with Gasteiger partial charge in [0.15, 0.2) is 0 Å². The summed E-state index contributed by atoms with van der Waals surface area (Å²) in [5.74, 6) is -0.351. The summed E-state index contributed by atoms with van der Waals surface area (Å²) in [6, 6.07) is 4.24. The number of hydrogen-bond donors (Lipinski definition) is 5. The van der Waals surface area contributed by atoms with E-state index in [1.54, 1.807) is 32.4 Å². The highest BCUT2D eigenvalue weighted by molar-refractivity contribution is 6.00. The fraction of sp³-hybridized carbons (Fsp3) is 0.719. The van der Waals surface area contributed by atoms with Crippen molar-refractivity contribution in [2.45, 2.75) is 85.3 Å². The SMILES string of the molecule is CCCCNC(=O)[C@@H](C[C@H](O)[C@@H](N)C[C@H](CNC(=O)c1ccc(C(=O)NC)cc1OCCCCOC)C(C)C)C(C)C. The Morgan fingerprint density at radius 1 is 0.952 bits per heavy atom. The Labute approximate surface area is 252 Å². The number of aliphatic hydroxyl groups excluding tert-OH is 1. The molecule has 4 atom stereocenters. The summed E-state index contributed by atoms with van der Waals surface area (Å²) in [6.07, 6.45) is 3.40. The third kappa shape index (κ3) is 13.1. The quantitative estimate of drug-likeness (QED) is 0.137. The second-order valence-electron chi connectivity index (χ2n) is 11.8. The minimum Gasteiger partial charge on any atom is -0.493 e. The first-order chi connectivity index (χ1) is 20.0. The van der Waals surface area contributed by atoms with Gasteiger partial charge < -0.3 is 36.3 Å². The van der Waals surface area contributed by atoms with E-state index in [4.69, 9.17) is 15.2 Å². The van der Waals surface area contributed by atoms with Crippen LogP contribution in [0.4, 0.5) is 0 Å². The van der Waals surface area contributed by atoms with Crippen LogP contribution in [0.1, 0.15) is 93.9 Å². The van der Waals surface area contributed by atoms with Gasteiger partial charge in [0, 0.05) is 51.4 Å². The Kier molecular flexibility index (Phi) is 18.0. The van der Waals surface area contributed by atoms with Gasteiger partial charge in [0.25, 0.3) is 11.8 Å². The highest BCUT2D eigenvalue weighted by Crippen LogP contribution is 2.25. The molecule has 10 nitrogen and oxygen atoms in total. The number of unbranched alkanes of at least 4 members (excludes halogenated alkanes) is 2. The zero-order valence-corrected chi connectivity index (χ0v) is 26.8. The van der Waals surface area contributed by atoms with Crippen molar-refractivity contribution in [1.82, 2.24) is 16.0 Å². The average Bonchev–Trinajstić information content (AvgIpc) is 2.96. The maximum Gasteiger partial charge on any atom is 0.255 e. The highest BCUT2D eigenvalue weighted by atomic mass is 16.5. The van der Waals surface area contributed by atoms with Crippen molar-refractivity contribution in [3.63, 3.8) is 0 Å². The number of aliphatic hydroxyl groups is 1. The van der Waals surface area contributed by atoms with Crippen LogP contribution in [0.2, 0.25) is 0 Å². The Morgan fingerprint density at radius 3 is 2.24 bits per heavy atom. The molecule has 240 valence electrons. The van der Waals surface area contributed by atoms with E-state index in [1.165, 1.54) is 0 Å². The number of nitrogens with two attached hydrogens (primary N) is 1. The molecule has 0 aliphatic heterocycles. The third-order valence-corrected chi connectivity index (χ3v) is 7.72. The Bertz CT molecular complexity index is 955. The van der Waals surface area contributed by atoms with E-state index >= 15 is 0 Å². The molecule has 0 aromatic heterocycles. The molecular weight excluding hydrogens is 536 g/mol. The van der Waals surface area contributed by atoms with E-state index in [0.717, 1.165) is 25.7 Å². The Hall–Kier alpha value is -2.69. The topological polar surface area (TPSA) is 152 Å². The van der Waals surface area contributed by atoms with Crippen molar-refractivity contribution in [2.75, 3.05) is 40.5 Å². The molecular formula is C32H56N4O6. The number of benzene rings is 1. The van der Waals surface area contributed by atoms with Gasteiger partial charge in [-0.3, -0.25) is 14.4 Å². The van der Waals surface area contributed by atoms with Gasteiger partial charge in [0.1, 0.15) is 5.75 Å². The predicted octanol–water partition coefficient (Wildman–Crippen LogP) is 3.51. The molecule has 0 radical (unpaired) electrons. The molecule has 0 unspecified atom stereocenters. The van der Waals surface area contributed by atoms with Crippen molar-refractivity contribution >= 4 is 17.7 Å². The lowest BCUT2D eigenvalue weighted by molar-refractivity contribution is -0.127. The number of hydrogen-bond acceptors (Lipinski definition) is 7. The number of carbonyl (C=O) groups is 3. The normalized spacial score (nSPS) is 14.3. The number of rotatable bonds is 21. The monoisotopic (exact) mass is 592 g/mol. The second-order valence-corrected chi connectivity index (χ2v) is 11.8. The predicted molar refractivity (Wildman–Crippen MR) is 167 cm³/mol. The molecule has 0 saturated heterocycles. The van der Waals surface area contributed by atoms with E-state index in [0.29, 0.717) is 49.6 Å². The Balaban J connectivity index is 2.89. The first-order valence-corrected chi connectivity index (χ1v) is 15.4. The summed E-state index contributed by atoms with van der Waals surface area (Å²) in [5, 5.41) is 19.5. The van der Waals surface area contributed by atoms with Gasteiger partial charge in [0.05, 0.1) is 18.3 Å². The van der Waals surface area contributed by atoms with Gasteiger partial charge in [-0.15, -0.1) is 0 Å². The zero-order chi connectivity index (χ0) is 31.7. The van der Waals surface area contributed by atoms with Crippen LogP contribution in [0.25, 0.3) is 0 Å². The lowest BCUT2D eigenvalue weighted by Gasteiger charge is -2.30. The molecule has 0 aliphatic rings. The van der Waals surface area contributed by atoms with E-state index in [9.17, 15) is 19.5 Å². The lowest BCUT2D eigenvalue weighted by atomic mass is 9.83. The number of methoxy groups -OCH3 is 1. The summed E-state index contributed by atoms with van der Waals surface area (Å²) in [4.78, 5) is 38.2. The van der Waals surface area contributed by atoms with Crippen molar-refractivity contribution in [3.05, 3.63) is 29.3 Å². The summed E-state index contributed by atoms with van der Waals surface area (Å²) < 4.78 is 11.0. The van der Waals surface area contributed by atoms with Crippen LogP contribution < -0.4 is 26.4 Å². The first-order valence-electron chi connectivity index (χ1n) is 15.4. The molecule has 0 bridgehead atoms. The summed E-state index contributed by atoms with van der Waals surface area (Å²) in [5.41, 5.74) is 7.20. The van der Waals surface area contributed by atoms with E-state index < -0.39 is 12.1 Å². The molecule has 0 fully saturated rings. The standard InChI is InChI=1S/C32H56N4O6/c1-8-9-14-35-32(40)26(22(4)5)19-28(37)27(33)17-24(21(2)3)20-36-31(39)25-13-12-23(30(38)34-6)18-29(25)42-16-11-10-15-41-7/h12-13,18,21-22,24,26-28,37H,8-11,14-17,19-20,33H2,1-7H3,(H,34,38)(H,35,40)(H,36,39)/t24-,26+,27+,28+/m1/s1. The lowest BCUT2D eigenvalue weighted by Crippen LogP contribution is -2.44. The minimum absolute atomic E-state index is 0.00182. The largest absolute Gasteiger partial charge is 0.493 e. The van der Waals surface area contributed by atoms with Crippen LogP contribution in [0, 0.1) is 23.7 Å². The summed E-state index contributed by atoms with van der Waals surface area (Å²) in [7, 11) is 3.19. The second kappa shape index (κ2) is 20.3. The average molecular weight is 593 g/mol. The zero-order valence-electron chi connectivity index (χ0n) is 26.8. The number of carbonyl (C=O) groups excluding carboxylic acids is 3. The highest BCUT2D eigenvalue weighted by Gasteiger charge is 2.30. The molecule has 0 saturated carbocycles. The molecule has 6 N–H and O–H groups in total. The molecule has 42 heavy (non-hydrogen) atoms. The fourth-order valence-electron chi connectivity index (χ4n) is 4.70. The molecule has 0 heterocycles. The number of nitrogens with one attached hydrogen (secondary N) is 3. The summed E-state index contributed by atoms with van der Waals surface area (Å²) >= 11 is 0. The van der Waals surface area contributed by atoms with Gasteiger partial charge in [-0.2, -0.15) is 0 Å². The van der Waals surface area contributed by atoms with Crippen molar-refractivity contribution in [3.8, 4) is 5.75 Å².